The van der Waals surface area contributed by atoms with Gasteiger partial charge in [0.25, 0.3) is 0 Å². The lowest BCUT2D eigenvalue weighted by atomic mass is 10.3. The molecule has 0 aliphatic carbocycles. The minimum atomic E-state index is 0.839. The molecule has 0 amide bonds. The van der Waals surface area contributed by atoms with Crippen LogP contribution in [0.2, 0.25) is 0 Å². The fraction of sp³-hybridized carbons (Fsp3) is 0.467. The van der Waals surface area contributed by atoms with Crippen LogP contribution in [0.5, 0.6) is 0 Å². The van der Waals surface area contributed by atoms with Crippen molar-refractivity contribution in [2.45, 2.75) is 19.4 Å². The van der Waals surface area contributed by atoms with Crippen molar-refractivity contribution in [1.29, 1.82) is 0 Å². The molecule has 5 heteroatoms. The molecule has 0 aliphatic heterocycles. The number of thiazole rings is 1. The first-order valence-corrected chi connectivity index (χ1v) is 7.85. The summed E-state index contributed by atoms with van der Waals surface area (Å²) in [5.41, 5.74) is 2.05. The summed E-state index contributed by atoms with van der Waals surface area (Å²) in [6.07, 6.45) is 4.24. The molecule has 2 aromatic rings. The number of nitrogens with zero attached hydrogens (tertiary/aromatic N) is 3. The third kappa shape index (κ3) is 5.00. The summed E-state index contributed by atoms with van der Waals surface area (Å²) in [6, 6.07) is 5.91. The molecule has 2 rings (SSSR count). The fourth-order valence-corrected chi connectivity index (χ4v) is 2.68. The summed E-state index contributed by atoms with van der Waals surface area (Å²) in [6.45, 7) is 3.04. The van der Waals surface area contributed by atoms with Crippen molar-refractivity contribution in [3.05, 3.63) is 35.5 Å². The number of aromatic nitrogens is 2. The number of unbranched alkanes of at least 4 members (excludes halogenated alkanes) is 1. The zero-order valence-electron chi connectivity index (χ0n) is 12.2. The zero-order valence-corrected chi connectivity index (χ0v) is 13.0. The Balaban J connectivity index is 1.71. The van der Waals surface area contributed by atoms with Gasteiger partial charge in [-0.25, -0.2) is 4.98 Å². The highest BCUT2D eigenvalue weighted by atomic mass is 32.1. The Bertz CT molecular complexity index is 496. The monoisotopic (exact) mass is 290 g/mol. The molecular weight excluding hydrogens is 268 g/mol. The second kappa shape index (κ2) is 8.09. The highest BCUT2D eigenvalue weighted by Gasteiger charge is 2.04. The van der Waals surface area contributed by atoms with Crippen molar-refractivity contribution in [3.8, 4) is 10.7 Å². The third-order valence-corrected chi connectivity index (χ3v) is 3.86. The Morgan fingerprint density at radius 2 is 2.15 bits per heavy atom. The summed E-state index contributed by atoms with van der Waals surface area (Å²) in [5, 5.41) is 6.55. The molecule has 0 bridgehead atoms. The van der Waals surface area contributed by atoms with E-state index >= 15 is 0 Å². The number of rotatable bonds is 8. The van der Waals surface area contributed by atoms with Crippen molar-refractivity contribution in [1.82, 2.24) is 20.2 Å². The lowest BCUT2D eigenvalue weighted by Crippen LogP contribution is -2.18. The van der Waals surface area contributed by atoms with Crippen molar-refractivity contribution >= 4 is 11.3 Å². The minimum Gasteiger partial charge on any atom is -0.311 e. The summed E-state index contributed by atoms with van der Waals surface area (Å²) in [7, 11) is 4.23. The lowest BCUT2D eigenvalue weighted by molar-refractivity contribution is 0.391. The van der Waals surface area contributed by atoms with Crippen LogP contribution in [0.15, 0.2) is 29.8 Å². The Labute approximate surface area is 124 Å². The summed E-state index contributed by atoms with van der Waals surface area (Å²) in [5.74, 6) is 0. The van der Waals surface area contributed by atoms with Gasteiger partial charge in [0.05, 0.1) is 11.4 Å². The Kier molecular flexibility index (Phi) is 6.11. The molecule has 0 atom stereocenters. The average Bonchev–Trinajstić information content (AvgIpc) is 2.92. The number of hydrogen-bond acceptors (Lipinski definition) is 5. The van der Waals surface area contributed by atoms with E-state index < -0.39 is 0 Å². The first kappa shape index (κ1) is 15.1. The topological polar surface area (TPSA) is 41.0 Å². The van der Waals surface area contributed by atoms with Crippen LogP contribution in [-0.2, 0) is 6.54 Å². The van der Waals surface area contributed by atoms with Crippen LogP contribution >= 0.6 is 11.3 Å². The van der Waals surface area contributed by atoms with Crippen LogP contribution in [0.4, 0.5) is 0 Å². The molecule has 20 heavy (non-hydrogen) atoms. The maximum absolute atomic E-state index is 4.61. The molecule has 0 radical (unpaired) electrons. The second-order valence-corrected chi connectivity index (χ2v) is 5.90. The van der Waals surface area contributed by atoms with Crippen molar-refractivity contribution in [3.63, 3.8) is 0 Å². The number of hydrogen-bond donors (Lipinski definition) is 1. The maximum Gasteiger partial charge on any atom is 0.142 e. The van der Waals surface area contributed by atoms with E-state index in [-0.39, 0.29) is 0 Å². The van der Waals surface area contributed by atoms with E-state index in [9.17, 15) is 0 Å². The molecule has 0 unspecified atom stereocenters. The largest absolute Gasteiger partial charge is 0.311 e. The molecule has 4 nitrogen and oxygen atoms in total. The van der Waals surface area contributed by atoms with Gasteiger partial charge in [0.1, 0.15) is 5.01 Å². The van der Waals surface area contributed by atoms with Gasteiger partial charge in [-0.1, -0.05) is 6.07 Å². The average molecular weight is 290 g/mol. The van der Waals surface area contributed by atoms with Crippen molar-refractivity contribution < 1.29 is 0 Å². The van der Waals surface area contributed by atoms with Gasteiger partial charge in [0.15, 0.2) is 0 Å². The van der Waals surface area contributed by atoms with Crippen molar-refractivity contribution in [2.24, 2.45) is 0 Å². The molecule has 0 fully saturated rings. The zero-order chi connectivity index (χ0) is 14.2. The number of nitrogens with one attached hydrogen (secondary N) is 1. The van der Waals surface area contributed by atoms with Gasteiger partial charge in [0.2, 0.25) is 0 Å². The molecule has 0 saturated heterocycles. The molecule has 0 saturated carbocycles. The SMILES string of the molecule is CN(C)CCCCNCc1csc(-c2ccccn2)n1. The van der Waals surface area contributed by atoms with Gasteiger partial charge < -0.3 is 10.2 Å². The van der Waals surface area contributed by atoms with E-state index in [1.54, 1.807) is 17.5 Å². The van der Waals surface area contributed by atoms with E-state index in [2.05, 4.69) is 39.7 Å². The molecule has 0 aromatic carbocycles. The van der Waals surface area contributed by atoms with E-state index in [1.807, 2.05) is 18.2 Å². The van der Waals surface area contributed by atoms with Crippen LogP contribution in [0, 0.1) is 0 Å². The molecular formula is C15H22N4S. The van der Waals surface area contributed by atoms with Gasteiger partial charge in [-0.3, -0.25) is 4.98 Å². The lowest BCUT2D eigenvalue weighted by Gasteiger charge is -2.08. The number of pyridine rings is 1. The van der Waals surface area contributed by atoms with Gasteiger partial charge in [-0.2, -0.15) is 0 Å². The first-order valence-electron chi connectivity index (χ1n) is 6.97. The van der Waals surface area contributed by atoms with Crippen LogP contribution in [-0.4, -0.2) is 42.1 Å². The smallest absolute Gasteiger partial charge is 0.142 e. The van der Waals surface area contributed by atoms with Gasteiger partial charge in [-0.05, 0) is 52.2 Å². The van der Waals surface area contributed by atoms with Crippen LogP contribution in [0.3, 0.4) is 0 Å². The van der Waals surface area contributed by atoms with Crippen LogP contribution in [0.1, 0.15) is 18.5 Å². The Morgan fingerprint density at radius 1 is 1.25 bits per heavy atom. The van der Waals surface area contributed by atoms with Crippen LogP contribution in [0.25, 0.3) is 10.7 Å². The summed E-state index contributed by atoms with van der Waals surface area (Å²) in [4.78, 5) is 11.2. The molecule has 0 spiro atoms. The van der Waals surface area contributed by atoms with E-state index in [0.717, 1.165) is 36.0 Å². The normalized spacial score (nSPS) is 11.2. The molecule has 1 N–H and O–H groups in total. The van der Waals surface area contributed by atoms with Gasteiger partial charge in [0, 0.05) is 18.1 Å². The fourth-order valence-electron chi connectivity index (χ4n) is 1.89. The first-order chi connectivity index (χ1) is 9.75. The molecule has 0 aliphatic rings. The van der Waals surface area contributed by atoms with E-state index in [0.29, 0.717) is 0 Å². The predicted octanol–water partition coefficient (Wildman–Crippen LogP) is 2.64. The standard InChI is InChI=1S/C15H22N4S/c1-19(2)10-6-5-8-16-11-13-12-20-15(18-13)14-7-3-4-9-17-14/h3-4,7,9,12,16H,5-6,8,10-11H2,1-2H3. The van der Waals surface area contributed by atoms with E-state index in [4.69, 9.17) is 0 Å². The minimum absolute atomic E-state index is 0.839. The summed E-state index contributed by atoms with van der Waals surface area (Å²) < 4.78 is 0. The highest BCUT2D eigenvalue weighted by molar-refractivity contribution is 7.13. The quantitative estimate of drug-likeness (QED) is 0.759. The molecule has 108 valence electrons. The summed E-state index contributed by atoms with van der Waals surface area (Å²) >= 11 is 1.65. The van der Waals surface area contributed by atoms with Crippen LogP contribution < -0.4 is 5.32 Å². The Morgan fingerprint density at radius 3 is 2.90 bits per heavy atom. The highest BCUT2D eigenvalue weighted by Crippen LogP contribution is 2.21. The molecule has 2 aromatic heterocycles. The second-order valence-electron chi connectivity index (χ2n) is 5.05. The Hall–Kier alpha value is -1.30. The molecule has 2 heterocycles. The van der Waals surface area contributed by atoms with E-state index in [1.165, 1.54) is 12.8 Å². The van der Waals surface area contributed by atoms with Gasteiger partial charge >= 0.3 is 0 Å². The third-order valence-electron chi connectivity index (χ3n) is 2.95. The predicted molar refractivity (Wildman–Crippen MR) is 84.8 cm³/mol. The van der Waals surface area contributed by atoms with Crippen molar-refractivity contribution in [2.75, 3.05) is 27.2 Å². The maximum atomic E-state index is 4.61. The van der Waals surface area contributed by atoms with Gasteiger partial charge in [-0.15, -0.1) is 11.3 Å².